The van der Waals surface area contributed by atoms with E-state index in [1.165, 1.54) is 5.56 Å². The SMILES string of the molecule is Cc1cccc(COc2ccc(/C=C3/SC(=O)N(CC(=O)OC(C)C)C3=O)cc2I)c1. The molecule has 1 aliphatic heterocycles. The molecule has 0 radical (unpaired) electrons. The average Bonchev–Trinajstić information content (AvgIpc) is 2.94. The zero-order valence-electron chi connectivity index (χ0n) is 17.4. The van der Waals surface area contributed by atoms with Crippen LogP contribution in [0.4, 0.5) is 4.79 Å². The van der Waals surface area contributed by atoms with Gasteiger partial charge in [0.25, 0.3) is 11.1 Å². The van der Waals surface area contributed by atoms with Crippen molar-refractivity contribution in [3.63, 3.8) is 0 Å². The van der Waals surface area contributed by atoms with Gasteiger partial charge in [0.15, 0.2) is 0 Å². The lowest BCUT2D eigenvalue weighted by Crippen LogP contribution is -2.35. The van der Waals surface area contributed by atoms with Gasteiger partial charge in [-0.3, -0.25) is 19.3 Å². The van der Waals surface area contributed by atoms with Crippen molar-refractivity contribution in [3.8, 4) is 5.75 Å². The van der Waals surface area contributed by atoms with Crippen molar-refractivity contribution >= 4 is 57.5 Å². The molecule has 0 aromatic heterocycles. The molecule has 1 fully saturated rings. The van der Waals surface area contributed by atoms with Crippen molar-refractivity contribution in [2.24, 2.45) is 0 Å². The second-order valence-electron chi connectivity index (χ2n) is 7.27. The molecule has 1 aliphatic rings. The molecule has 0 bridgehead atoms. The predicted molar refractivity (Wildman–Crippen MR) is 129 cm³/mol. The third-order valence-electron chi connectivity index (χ3n) is 4.26. The largest absolute Gasteiger partial charge is 0.488 e. The van der Waals surface area contributed by atoms with Gasteiger partial charge in [-0.15, -0.1) is 0 Å². The van der Waals surface area contributed by atoms with Crippen molar-refractivity contribution in [2.45, 2.75) is 33.5 Å². The van der Waals surface area contributed by atoms with Crippen LogP contribution in [-0.4, -0.2) is 34.7 Å². The van der Waals surface area contributed by atoms with E-state index >= 15 is 0 Å². The van der Waals surface area contributed by atoms with E-state index in [2.05, 4.69) is 28.7 Å². The fourth-order valence-electron chi connectivity index (χ4n) is 2.90. The number of nitrogens with zero attached hydrogens (tertiary/aromatic N) is 1. The maximum atomic E-state index is 12.6. The first-order valence-corrected chi connectivity index (χ1v) is 11.5. The summed E-state index contributed by atoms with van der Waals surface area (Å²) in [4.78, 5) is 37.7. The van der Waals surface area contributed by atoms with Crippen molar-refractivity contribution in [1.29, 1.82) is 0 Å². The van der Waals surface area contributed by atoms with Gasteiger partial charge in [-0.25, -0.2) is 0 Å². The van der Waals surface area contributed by atoms with Gasteiger partial charge in [-0.2, -0.15) is 0 Å². The van der Waals surface area contributed by atoms with Gasteiger partial charge >= 0.3 is 5.97 Å². The number of amides is 2. The number of rotatable bonds is 7. The minimum Gasteiger partial charge on any atom is -0.488 e. The molecule has 0 unspecified atom stereocenters. The maximum absolute atomic E-state index is 12.6. The van der Waals surface area contributed by atoms with Crippen LogP contribution < -0.4 is 4.74 Å². The normalized spacial score (nSPS) is 15.1. The van der Waals surface area contributed by atoms with Gasteiger partial charge in [0.2, 0.25) is 0 Å². The average molecular weight is 551 g/mol. The smallest absolute Gasteiger partial charge is 0.326 e. The van der Waals surface area contributed by atoms with Crippen LogP contribution in [-0.2, 0) is 20.9 Å². The van der Waals surface area contributed by atoms with Gasteiger partial charge in [0.1, 0.15) is 18.9 Å². The Morgan fingerprint density at radius 1 is 1.19 bits per heavy atom. The highest BCUT2D eigenvalue weighted by atomic mass is 127. The summed E-state index contributed by atoms with van der Waals surface area (Å²) in [7, 11) is 0. The number of carbonyl (C=O) groups excluding carboxylic acids is 3. The Labute approximate surface area is 199 Å². The Morgan fingerprint density at radius 3 is 2.65 bits per heavy atom. The number of aryl methyl sites for hydroxylation is 1. The Balaban J connectivity index is 1.67. The van der Waals surface area contributed by atoms with Crippen LogP contribution in [0.3, 0.4) is 0 Å². The highest BCUT2D eigenvalue weighted by Gasteiger charge is 2.36. The molecule has 0 spiro atoms. The van der Waals surface area contributed by atoms with Gasteiger partial charge < -0.3 is 9.47 Å². The van der Waals surface area contributed by atoms with E-state index in [1.807, 2.05) is 43.3 Å². The minimum absolute atomic E-state index is 0.270. The van der Waals surface area contributed by atoms with Crippen molar-refractivity contribution in [3.05, 3.63) is 67.6 Å². The van der Waals surface area contributed by atoms with Crippen molar-refractivity contribution < 1.29 is 23.9 Å². The third kappa shape index (κ3) is 6.33. The Morgan fingerprint density at radius 2 is 1.97 bits per heavy atom. The Hall–Kier alpha value is -2.33. The molecule has 0 aliphatic carbocycles. The summed E-state index contributed by atoms with van der Waals surface area (Å²) in [6.45, 7) is 5.53. The van der Waals surface area contributed by atoms with E-state index in [9.17, 15) is 14.4 Å². The first kappa shape index (κ1) is 23.3. The summed E-state index contributed by atoms with van der Waals surface area (Å²) in [6, 6.07) is 13.7. The fourth-order valence-corrected chi connectivity index (χ4v) is 4.44. The lowest BCUT2D eigenvalue weighted by atomic mass is 10.1. The van der Waals surface area contributed by atoms with Gasteiger partial charge in [-0.1, -0.05) is 35.9 Å². The van der Waals surface area contributed by atoms with E-state index in [1.54, 1.807) is 19.9 Å². The van der Waals surface area contributed by atoms with E-state index in [0.717, 1.165) is 37.1 Å². The predicted octanol–water partition coefficient (Wildman–Crippen LogP) is 5.17. The summed E-state index contributed by atoms with van der Waals surface area (Å²) in [6.07, 6.45) is 1.34. The molecule has 1 saturated heterocycles. The lowest BCUT2D eigenvalue weighted by molar-refractivity contribution is -0.149. The standard InChI is InChI=1S/C23H22INO5S/c1-14(2)30-21(26)12-25-22(27)20(31-23(25)28)11-16-7-8-19(18(24)10-16)29-13-17-6-4-5-15(3)9-17/h4-11,14H,12-13H2,1-3H3/b20-11+. The Bertz CT molecular complexity index is 1050. The van der Waals surface area contributed by atoms with Gasteiger partial charge in [-0.05, 0) is 84.5 Å². The number of carbonyl (C=O) groups is 3. The summed E-state index contributed by atoms with van der Waals surface area (Å²) in [5.74, 6) is -0.363. The number of esters is 1. The number of halogens is 1. The molecule has 0 atom stereocenters. The molecule has 0 N–H and O–H groups in total. The number of thioether (sulfide) groups is 1. The summed E-state index contributed by atoms with van der Waals surface area (Å²) < 4.78 is 11.8. The number of imide groups is 1. The quantitative estimate of drug-likeness (QED) is 0.269. The minimum atomic E-state index is -0.608. The van der Waals surface area contributed by atoms with Crippen LogP contribution >= 0.6 is 34.4 Å². The molecule has 162 valence electrons. The monoisotopic (exact) mass is 551 g/mol. The van der Waals surface area contributed by atoms with Crippen LogP contribution in [0.25, 0.3) is 6.08 Å². The van der Waals surface area contributed by atoms with Crippen molar-refractivity contribution in [2.75, 3.05) is 6.54 Å². The van der Waals surface area contributed by atoms with E-state index in [-0.39, 0.29) is 17.6 Å². The number of hydrogen-bond donors (Lipinski definition) is 0. The number of ether oxygens (including phenoxy) is 2. The molecule has 2 amide bonds. The molecule has 8 heteroatoms. The molecule has 1 heterocycles. The molecule has 0 saturated carbocycles. The van der Waals surface area contributed by atoms with Gasteiger partial charge in [0, 0.05) is 0 Å². The zero-order chi connectivity index (χ0) is 22.5. The van der Waals surface area contributed by atoms with Crippen molar-refractivity contribution in [1.82, 2.24) is 4.90 Å². The lowest BCUT2D eigenvalue weighted by Gasteiger charge is -2.13. The highest BCUT2D eigenvalue weighted by Crippen LogP contribution is 2.33. The molecule has 2 aromatic carbocycles. The first-order valence-electron chi connectivity index (χ1n) is 9.65. The first-order chi connectivity index (χ1) is 14.7. The summed E-state index contributed by atoms with van der Waals surface area (Å²) in [5, 5.41) is -0.482. The highest BCUT2D eigenvalue weighted by molar-refractivity contribution is 14.1. The molecular formula is C23H22INO5S. The van der Waals surface area contributed by atoms with Crippen LogP contribution in [0.5, 0.6) is 5.75 Å². The zero-order valence-corrected chi connectivity index (χ0v) is 20.4. The third-order valence-corrected chi connectivity index (χ3v) is 6.01. The molecular weight excluding hydrogens is 529 g/mol. The van der Waals surface area contributed by atoms with Crippen LogP contribution in [0, 0.1) is 10.5 Å². The second-order valence-corrected chi connectivity index (χ2v) is 9.43. The molecule has 2 aromatic rings. The second kappa shape index (κ2) is 10.3. The molecule has 3 rings (SSSR count). The number of benzene rings is 2. The topological polar surface area (TPSA) is 72.9 Å². The van der Waals surface area contributed by atoms with E-state index < -0.39 is 17.1 Å². The van der Waals surface area contributed by atoms with E-state index in [4.69, 9.17) is 9.47 Å². The number of hydrogen-bond acceptors (Lipinski definition) is 6. The molecule has 6 nitrogen and oxygen atoms in total. The van der Waals surface area contributed by atoms with Crippen LogP contribution in [0.2, 0.25) is 0 Å². The summed E-state index contributed by atoms with van der Waals surface area (Å²) in [5.41, 5.74) is 3.03. The van der Waals surface area contributed by atoms with E-state index in [0.29, 0.717) is 6.61 Å². The maximum Gasteiger partial charge on any atom is 0.326 e. The summed E-state index contributed by atoms with van der Waals surface area (Å²) >= 11 is 2.99. The van der Waals surface area contributed by atoms with Crippen LogP contribution in [0.15, 0.2) is 47.4 Å². The van der Waals surface area contributed by atoms with Crippen LogP contribution in [0.1, 0.15) is 30.5 Å². The Kier molecular flexibility index (Phi) is 7.77. The molecule has 31 heavy (non-hydrogen) atoms. The van der Waals surface area contributed by atoms with Gasteiger partial charge in [0.05, 0.1) is 14.6 Å². The fraction of sp³-hybridized carbons (Fsp3) is 0.261.